The normalized spacial score (nSPS) is 14.3. The van der Waals surface area contributed by atoms with Crippen LogP contribution in [0.15, 0.2) is 78.9 Å². The standard InChI is InChI=1S/C30H34ClN3O3/c1-22(2)29(30(36)32-26-12-14-27(15-13-26)33-16-18-37-19-17-33)34(21-24-8-10-25(31)11-9-24)28(35)20-23-6-4-3-5-7-23/h3-15,22,29H,16-21H2,1-2H3,(H,32,36). The van der Waals surface area contributed by atoms with Crippen molar-refractivity contribution in [2.24, 2.45) is 5.92 Å². The van der Waals surface area contributed by atoms with Gasteiger partial charge in [-0.25, -0.2) is 0 Å². The lowest BCUT2D eigenvalue weighted by molar-refractivity contribution is -0.140. The smallest absolute Gasteiger partial charge is 0.247 e. The Morgan fingerprint density at radius 3 is 2.19 bits per heavy atom. The van der Waals surface area contributed by atoms with Crippen LogP contribution < -0.4 is 10.2 Å². The van der Waals surface area contributed by atoms with E-state index in [0.717, 1.165) is 43.1 Å². The fraction of sp³-hybridized carbons (Fsp3) is 0.333. The zero-order chi connectivity index (χ0) is 26.2. The molecule has 1 heterocycles. The SMILES string of the molecule is CC(C)C(C(=O)Nc1ccc(N2CCOCC2)cc1)N(Cc1ccc(Cl)cc1)C(=O)Cc1ccccc1. The second-order valence-electron chi connectivity index (χ2n) is 9.63. The van der Waals surface area contributed by atoms with E-state index in [1.807, 2.05) is 80.6 Å². The fourth-order valence-electron chi connectivity index (χ4n) is 4.60. The number of halogens is 1. The monoisotopic (exact) mass is 519 g/mol. The molecule has 1 N–H and O–H groups in total. The van der Waals surface area contributed by atoms with Gasteiger partial charge in [0.25, 0.3) is 0 Å². The summed E-state index contributed by atoms with van der Waals surface area (Å²) in [5.41, 5.74) is 3.63. The molecule has 0 aliphatic carbocycles. The predicted octanol–water partition coefficient (Wildman–Crippen LogP) is 5.41. The molecule has 6 nitrogen and oxygen atoms in total. The minimum absolute atomic E-state index is 0.0975. The van der Waals surface area contributed by atoms with Crippen molar-refractivity contribution in [3.8, 4) is 0 Å². The number of anilines is 2. The lowest BCUT2D eigenvalue weighted by atomic mass is 9.99. The van der Waals surface area contributed by atoms with Gasteiger partial charge in [0.15, 0.2) is 0 Å². The molecule has 0 aromatic heterocycles. The second kappa shape index (κ2) is 12.7. The lowest BCUT2D eigenvalue weighted by Crippen LogP contribution is -2.50. The van der Waals surface area contributed by atoms with Gasteiger partial charge in [0.1, 0.15) is 6.04 Å². The van der Waals surface area contributed by atoms with E-state index in [9.17, 15) is 9.59 Å². The van der Waals surface area contributed by atoms with Crippen LogP contribution in [0.2, 0.25) is 5.02 Å². The van der Waals surface area contributed by atoms with E-state index in [0.29, 0.717) is 17.3 Å². The van der Waals surface area contributed by atoms with Crippen molar-refractivity contribution in [1.29, 1.82) is 0 Å². The molecule has 3 aromatic rings. The quantitative estimate of drug-likeness (QED) is 0.410. The first kappa shape index (κ1) is 26.7. The Hall–Kier alpha value is -3.35. The molecule has 1 aliphatic rings. The van der Waals surface area contributed by atoms with Crippen LogP contribution in [0.4, 0.5) is 11.4 Å². The van der Waals surface area contributed by atoms with Crippen LogP contribution in [0, 0.1) is 5.92 Å². The number of rotatable bonds is 9. The van der Waals surface area contributed by atoms with E-state index >= 15 is 0 Å². The number of benzene rings is 3. The number of hydrogen-bond acceptors (Lipinski definition) is 4. The Kier molecular flexibility index (Phi) is 9.20. The highest BCUT2D eigenvalue weighted by atomic mass is 35.5. The third-order valence-corrected chi connectivity index (χ3v) is 6.78. The predicted molar refractivity (Wildman–Crippen MR) is 149 cm³/mol. The number of hydrogen-bond donors (Lipinski definition) is 1. The number of carbonyl (C=O) groups is 2. The second-order valence-corrected chi connectivity index (χ2v) is 10.1. The first-order valence-electron chi connectivity index (χ1n) is 12.7. The maximum absolute atomic E-state index is 13.6. The van der Waals surface area contributed by atoms with Crippen LogP contribution >= 0.6 is 11.6 Å². The molecule has 1 aliphatic heterocycles. The van der Waals surface area contributed by atoms with Gasteiger partial charge in [-0.1, -0.05) is 67.9 Å². The van der Waals surface area contributed by atoms with Gasteiger partial charge in [-0.2, -0.15) is 0 Å². The summed E-state index contributed by atoms with van der Waals surface area (Å²) >= 11 is 6.08. The van der Waals surface area contributed by atoms with Gasteiger partial charge in [0, 0.05) is 36.0 Å². The summed E-state index contributed by atoms with van der Waals surface area (Å²) in [4.78, 5) is 31.2. The molecule has 1 fully saturated rings. The summed E-state index contributed by atoms with van der Waals surface area (Å²) in [5.74, 6) is -0.401. The zero-order valence-corrected chi connectivity index (χ0v) is 22.2. The lowest BCUT2D eigenvalue weighted by Gasteiger charge is -2.34. The van der Waals surface area contributed by atoms with Gasteiger partial charge in [-0.15, -0.1) is 0 Å². The highest BCUT2D eigenvalue weighted by Gasteiger charge is 2.32. The molecule has 2 amide bonds. The summed E-state index contributed by atoms with van der Waals surface area (Å²) in [6.07, 6.45) is 0.221. The van der Waals surface area contributed by atoms with Crippen molar-refractivity contribution in [3.05, 3.63) is 95.0 Å². The highest BCUT2D eigenvalue weighted by molar-refractivity contribution is 6.30. The third kappa shape index (κ3) is 7.34. The summed E-state index contributed by atoms with van der Waals surface area (Å²) < 4.78 is 5.44. The Bertz CT molecular complexity index is 1160. The molecule has 1 unspecified atom stereocenters. The van der Waals surface area contributed by atoms with Gasteiger partial charge >= 0.3 is 0 Å². The number of ether oxygens (including phenoxy) is 1. The molecule has 0 bridgehead atoms. The largest absolute Gasteiger partial charge is 0.378 e. The molecule has 7 heteroatoms. The van der Waals surface area contributed by atoms with E-state index in [1.165, 1.54) is 0 Å². The summed E-state index contributed by atoms with van der Waals surface area (Å²) in [7, 11) is 0. The Morgan fingerprint density at radius 1 is 0.919 bits per heavy atom. The Balaban J connectivity index is 1.54. The molecule has 0 saturated carbocycles. The van der Waals surface area contributed by atoms with Gasteiger partial charge in [-0.05, 0) is 53.4 Å². The molecule has 4 rings (SSSR count). The topological polar surface area (TPSA) is 61.9 Å². The Morgan fingerprint density at radius 2 is 1.57 bits per heavy atom. The minimum Gasteiger partial charge on any atom is -0.378 e. The summed E-state index contributed by atoms with van der Waals surface area (Å²) in [6.45, 7) is 7.39. The molecule has 0 radical (unpaired) electrons. The van der Waals surface area contributed by atoms with Crippen LogP contribution in [-0.2, 0) is 27.3 Å². The van der Waals surface area contributed by atoms with Crippen LogP contribution in [0.5, 0.6) is 0 Å². The van der Waals surface area contributed by atoms with Crippen LogP contribution in [0.1, 0.15) is 25.0 Å². The minimum atomic E-state index is -0.647. The van der Waals surface area contributed by atoms with E-state index in [2.05, 4.69) is 10.2 Å². The van der Waals surface area contributed by atoms with Crippen LogP contribution in [-0.4, -0.2) is 49.1 Å². The third-order valence-electron chi connectivity index (χ3n) is 6.53. The number of carbonyl (C=O) groups excluding carboxylic acids is 2. The average Bonchev–Trinajstić information content (AvgIpc) is 2.91. The molecule has 37 heavy (non-hydrogen) atoms. The molecular formula is C30H34ClN3O3. The Labute approximate surface area is 224 Å². The van der Waals surface area contributed by atoms with Gasteiger partial charge < -0.3 is 19.9 Å². The highest BCUT2D eigenvalue weighted by Crippen LogP contribution is 2.23. The molecule has 0 spiro atoms. The maximum atomic E-state index is 13.6. The van der Waals surface area contributed by atoms with E-state index < -0.39 is 6.04 Å². The molecular weight excluding hydrogens is 486 g/mol. The van der Waals surface area contributed by atoms with Crippen LogP contribution in [0.3, 0.4) is 0 Å². The molecule has 3 aromatic carbocycles. The molecule has 1 saturated heterocycles. The van der Waals surface area contributed by atoms with Crippen molar-refractivity contribution in [3.63, 3.8) is 0 Å². The number of amides is 2. The number of nitrogens with zero attached hydrogens (tertiary/aromatic N) is 2. The zero-order valence-electron chi connectivity index (χ0n) is 21.4. The van der Waals surface area contributed by atoms with E-state index in [1.54, 1.807) is 17.0 Å². The van der Waals surface area contributed by atoms with Gasteiger partial charge in [-0.3, -0.25) is 9.59 Å². The van der Waals surface area contributed by atoms with Crippen molar-refractivity contribution < 1.29 is 14.3 Å². The van der Waals surface area contributed by atoms with Gasteiger partial charge in [0.2, 0.25) is 11.8 Å². The number of morpholine rings is 1. The van der Waals surface area contributed by atoms with Crippen molar-refractivity contribution in [2.75, 3.05) is 36.5 Å². The van der Waals surface area contributed by atoms with Crippen LogP contribution in [0.25, 0.3) is 0 Å². The van der Waals surface area contributed by atoms with Gasteiger partial charge in [0.05, 0.1) is 19.6 Å². The average molecular weight is 520 g/mol. The van der Waals surface area contributed by atoms with E-state index in [-0.39, 0.29) is 24.2 Å². The molecule has 1 atom stereocenters. The van der Waals surface area contributed by atoms with Crippen molar-refractivity contribution >= 4 is 34.8 Å². The summed E-state index contributed by atoms with van der Waals surface area (Å²) in [5, 5.41) is 3.68. The fourth-order valence-corrected chi connectivity index (χ4v) is 4.72. The van der Waals surface area contributed by atoms with E-state index in [4.69, 9.17) is 16.3 Å². The maximum Gasteiger partial charge on any atom is 0.247 e. The first-order valence-corrected chi connectivity index (χ1v) is 13.1. The first-order chi connectivity index (χ1) is 17.9. The van der Waals surface area contributed by atoms with Crippen molar-refractivity contribution in [2.45, 2.75) is 32.9 Å². The van der Waals surface area contributed by atoms with Crippen molar-refractivity contribution in [1.82, 2.24) is 4.90 Å². The molecule has 194 valence electrons. The summed E-state index contributed by atoms with van der Waals surface area (Å²) in [6, 6.07) is 24.2. The number of nitrogens with one attached hydrogen (secondary N) is 1.